The van der Waals surface area contributed by atoms with Crippen molar-refractivity contribution in [3.05, 3.63) is 11.9 Å². The molecule has 0 spiro atoms. The SMILES string of the molecule is CCCc1cn(CC(C)(C)COCC(C)(C)CC(=O)NCC(C)(C)COCC(C)(C)CN)nn1. The maximum atomic E-state index is 12.6. The summed E-state index contributed by atoms with van der Waals surface area (Å²) in [7, 11) is 0. The summed E-state index contributed by atoms with van der Waals surface area (Å²) in [5.41, 5.74) is 6.26. The van der Waals surface area contributed by atoms with E-state index < -0.39 is 0 Å². The third-order valence-corrected chi connectivity index (χ3v) is 5.61. The Morgan fingerprint density at radius 1 is 0.941 bits per heavy atom. The van der Waals surface area contributed by atoms with Crippen molar-refractivity contribution in [3.8, 4) is 0 Å². The number of nitrogens with two attached hydrogens (primary N) is 1. The molecule has 0 fully saturated rings. The quantitative estimate of drug-likeness (QED) is 0.350. The molecule has 198 valence electrons. The standard InChI is InChI=1S/C26H51N5O3/c1-10-11-21-13-31(30-29-21)16-26(8,9)20-33-17-23(2,3)12-22(32)28-15-25(6,7)19-34-18-24(4,5)14-27/h13H,10-12,14-20,27H2,1-9H3,(H,28,32). The fourth-order valence-electron chi connectivity index (χ4n) is 3.47. The lowest BCUT2D eigenvalue weighted by molar-refractivity contribution is -0.125. The molecule has 1 heterocycles. The number of nitrogens with one attached hydrogen (secondary N) is 1. The number of hydrogen-bond acceptors (Lipinski definition) is 6. The van der Waals surface area contributed by atoms with Crippen LogP contribution in [0.2, 0.25) is 0 Å². The van der Waals surface area contributed by atoms with Gasteiger partial charge in [0.05, 0.1) is 32.1 Å². The highest BCUT2D eigenvalue weighted by atomic mass is 16.5. The number of aromatic nitrogens is 3. The number of rotatable bonds is 17. The van der Waals surface area contributed by atoms with E-state index in [0.29, 0.717) is 45.9 Å². The number of amides is 1. The van der Waals surface area contributed by atoms with E-state index in [9.17, 15) is 4.79 Å². The number of nitrogens with zero attached hydrogens (tertiary/aromatic N) is 3. The van der Waals surface area contributed by atoms with Crippen LogP contribution >= 0.6 is 0 Å². The van der Waals surface area contributed by atoms with Gasteiger partial charge in [-0.3, -0.25) is 9.48 Å². The van der Waals surface area contributed by atoms with Gasteiger partial charge in [-0.05, 0) is 18.4 Å². The topological polar surface area (TPSA) is 104 Å². The van der Waals surface area contributed by atoms with E-state index in [1.807, 2.05) is 10.9 Å². The third kappa shape index (κ3) is 12.8. The van der Waals surface area contributed by atoms with Gasteiger partial charge in [-0.2, -0.15) is 0 Å². The second kappa shape index (κ2) is 13.0. The first kappa shape index (κ1) is 30.5. The zero-order valence-electron chi connectivity index (χ0n) is 23.3. The molecule has 8 nitrogen and oxygen atoms in total. The van der Waals surface area contributed by atoms with Gasteiger partial charge in [0.2, 0.25) is 5.91 Å². The zero-order valence-corrected chi connectivity index (χ0v) is 23.3. The monoisotopic (exact) mass is 481 g/mol. The molecule has 34 heavy (non-hydrogen) atoms. The summed E-state index contributed by atoms with van der Waals surface area (Å²) < 4.78 is 13.8. The Balaban J connectivity index is 2.38. The average molecular weight is 482 g/mol. The molecular formula is C26H51N5O3. The molecule has 0 aliphatic rings. The Hall–Kier alpha value is -1.51. The van der Waals surface area contributed by atoms with Gasteiger partial charge in [0, 0.05) is 42.0 Å². The van der Waals surface area contributed by atoms with Crippen LogP contribution in [0.25, 0.3) is 0 Å². The molecule has 1 aromatic rings. The van der Waals surface area contributed by atoms with Crippen LogP contribution in [-0.2, 0) is 27.2 Å². The average Bonchev–Trinajstić information content (AvgIpc) is 3.12. The molecule has 1 rings (SSSR count). The second-order valence-corrected chi connectivity index (χ2v) is 13.0. The van der Waals surface area contributed by atoms with Gasteiger partial charge < -0.3 is 20.5 Å². The van der Waals surface area contributed by atoms with Gasteiger partial charge in [0.15, 0.2) is 0 Å². The first-order chi connectivity index (χ1) is 15.6. The van der Waals surface area contributed by atoms with Gasteiger partial charge in [-0.15, -0.1) is 5.10 Å². The maximum absolute atomic E-state index is 12.6. The summed E-state index contributed by atoms with van der Waals surface area (Å²) in [6.45, 7) is 23.1. The van der Waals surface area contributed by atoms with E-state index in [1.165, 1.54) is 0 Å². The van der Waals surface area contributed by atoms with Crippen molar-refractivity contribution in [3.63, 3.8) is 0 Å². The Morgan fingerprint density at radius 2 is 1.50 bits per heavy atom. The second-order valence-electron chi connectivity index (χ2n) is 13.0. The first-order valence-electron chi connectivity index (χ1n) is 12.6. The Morgan fingerprint density at radius 3 is 2.09 bits per heavy atom. The van der Waals surface area contributed by atoms with Crippen LogP contribution in [0, 0.1) is 21.7 Å². The molecule has 3 N–H and O–H groups in total. The zero-order chi connectivity index (χ0) is 26.0. The van der Waals surface area contributed by atoms with Crippen molar-refractivity contribution in [2.24, 2.45) is 27.4 Å². The number of hydrogen-bond donors (Lipinski definition) is 2. The fourth-order valence-corrected chi connectivity index (χ4v) is 3.47. The van der Waals surface area contributed by atoms with Crippen LogP contribution in [-0.4, -0.2) is 60.4 Å². The molecule has 0 aliphatic heterocycles. The summed E-state index contributed by atoms with van der Waals surface area (Å²) >= 11 is 0. The molecule has 8 heteroatoms. The predicted octanol–water partition coefficient (Wildman–Crippen LogP) is 3.83. The van der Waals surface area contributed by atoms with E-state index in [2.05, 4.69) is 77.9 Å². The van der Waals surface area contributed by atoms with Crippen molar-refractivity contribution in [2.45, 2.75) is 88.1 Å². The summed E-state index contributed by atoms with van der Waals surface area (Å²) in [6.07, 6.45) is 4.44. The van der Waals surface area contributed by atoms with Crippen molar-refractivity contribution >= 4 is 5.91 Å². The van der Waals surface area contributed by atoms with Crippen LogP contribution in [0.1, 0.15) is 80.8 Å². The van der Waals surface area contributed by atoms with Gasteiger partial charge in [0.25, 0.3) is 0 Å². The number of aryl methyl sites for hydroxylation is 1. The molecule has 1 aromatic heterocycles. The molecule has 0 bridgehead atoms. The van der Waals surface area contributed by atoms with E-state index in [1.54, 1.807) is 0 Å². The molecule has 0 radical (unpaired) electrons. The van der Waals surface area contributed by atoms with E-state index in [0.717, 1.165) is 25.1 Å². The van der Waals surface area contributed by atoms with E-state index in [4.69, 9.17) is 15.2 Å². The van der Waals surface area contributed by atoms with Gasteiger partial charge >= 0.3 is 0 Å². The highest BCUT2D eigenvalue weighted by molar-refractivity contribution is 5.76. The van der Waals surface area contributed by atoms with E-state index >= 15 is 0 Å². The lowest BCUT2D eigenvalue weighted by Crippen LogP contribution is -2.40. The van der Waals surface area contributed by atoms with Crippen molar-refractivity contribution in [1.29, 1.82) is 0 Å². The van der Waals surface area contributed by atoms with Gasteiger partial charge in [-0.1, -0.05) is 73.9 Å². The molecular weight excluding hydrogens is 430 g/mol. The Kier molecular flexibility index (Phi) is 11.7. The van der Waals surface area contributed by atoms with Crippen LogP contribution in [0.15, 0.2) is 6.20 Å². The summed E-state index contributed by atoms with van der Waals surface area (Å²) in [4.78, 5) is 12.6. The van der Waals surface area contributed by atoms with Crippen molar-refractivity contribution in [2.75, 3.05) is 39.5 Å². The van der Waals surface area contributed by atoms with Crippen LogP contribution in [0.5, 0.6) is 0 Å². The number of carbonyl (C=O) groups is 1. The fraction of sp³-hybridized carbons (Fsp3) is 0.885. The predicted molar refractivity (Wildman–Crippen MR) is 137 cm³/mol. The third-order valence-electron chi connectivity index (χ3n) is 5.61. The van der Waals surface area contributed by atoms with Crippen LogP contribution < -0.4 is 11.1 Å². The van der Waals surface area contributed by atoms with Crippen LogP contribution in [0.3, 0.4) is 0 Å². The number of ether oxygens (including phenoxy) is 2. The van der Waals surface area contributed by atoms with Crippen molar-refractivity contribution < 1.29 is 14.3 Å². The smallest absolute Gasteiger partial charge is 0.220 e. The molecule has 0 aromatic carbocycles. The minimum atomic E-state index is -0.256. The number of carbonyl (C=O) groups excluding carboxylic acids is 1. The lowest BCUT2D eigenvalue weighted by atomic mass is 9.89. The largest absolute Gasteiger partial charge is 0.380 e. The molecule has 0 saturated carbocycles. The molecule has 0 aliphatic carbocycles. The van der Waals surface area contributed by atoms with Crippen LogP contribution in [0.4, 0.5) is 0 Å². The maximum Gasteiger partial charge on any atom is 0.220 e. The Labute approximate surface area is 207 Å². The minimum Gasteiger partial charge on any atom is -0.380 e. The van der Waals surface area contributed by atoms with Gasteiger partial charge in [-0.25, -0.2) is 0 Å². The normalized spacial score (nSPS) is 13.4. The van der Waals surface area contributed by atoms with E-state index in [-0.39, 0.29) is 27.6 Å². The highest BCUT2D eigenvalue weighted by Gasteiger charge is 2.27. The lowest BCUT2D eigenvalue weighted by Gasteiger charge is -2.30. The first-order valence-corrected chi connectivity index (χ1v) is 12.6. The molecule has 0 saturated heterocycles. The molecule has 0 atom stereocenters. The summed E-state index contributed by atoms with van der Waals surface area (Å²) in [6, 6.07) is 0. The minimum absolute atomic E-state index is 0.0364. The highest BCUT2D eigenvalue weighted by Crippen LogP contribution is 2.25. The van der Waals surface area contributed by atoms with Crippen molar-refractivity contribution in [1.82, 2.24) is 20.3 Å². The summed E-state index contributed by atoms with van der Waals surface area (Å²) in [5, 5.41) is 11.5. The summed E-state index contributed by atoms with van der Waals surface area (Å²) in [5.74, 6) is 0.0364. The molecule has 1 amide bonds. The van der Waals surface area contributed by atoms with Gasteiger partial charge in [0.1, 0.15) is 0 Å². The molecule has 0 unspecified atom stereocenters. The Bertz CT molecular complexity index is 741.